The summed E-state index contributed by atoms with van der Waals surface area (Å²) in [6, 6.07) is 19.0. The summed E-state index contributed by atoms with van der Waals surface area (Å²) >= 11 is 0. The van der Waals surface area contributed by atoms with Crippen LogP contribution in [0.3, 0.4) is 0 Å². The Kier molecular flexibility index (Phi) is 21.6. The van der Waals surface area contributed by atoms with Crippen LogP contribution >= 0.6 is 0 Å². The van der Waals surface area contributed by atoms with E-state index in [4.69, 9.17) is 19.8 Å². The molecule has 6 N–H and O–H groups in total. The number of carbonyl (C=O) groups excluding carboxylic acids is 1. The molecule has 18 heteroatoms. The number of hydrogen-bond acceptors (Lipinski definition) is 12. The highest BCUT2D eigenvalue weighted by Gasteiger charge is 2.08. The summed E-state index contributed by atoms with van der Waals surface area (Å²) < 4.78 is 88.8. The molecule has 0 aliphatic carbocycles. The number of carbonyl (C=O) groups is 1. The molecule has 0 saturated heterocycles. The Bertz CT molecular complexity index is 1800. The van der Waals surface area contributed by atoms with Gasteiger partial charge in [-0.25, -0.2) is 0 Å². The van der Waals surface area contributed by atoms with E-state index in [1.807, 2.05) is 0 Å². The lowest BCUT2D eigenvalue weighted by Gasteiger charge is -2.08. The van der Waals surface area contributed by atoms with E-state index in [1.165, 1.54) is 75.4 Å². The Morgan fingerprint density at radius 3 is 1.27 bits per heavy atom. The maximum absolute atomic E-state index is 10.8. The van der Waals surface area contributed by atoms with Crippen LogP contribution in [-0.2, 0) is 42.1 Å². The molecule has 52 heavy (non-hydrogen) atoms. The Hall–Kier alpha value is -3.94. The van der Waals surface area contributed by atoms with Gasteiger partial charge in [-0.15, -0.1) is 0 Å². The zero-order valence-corrected chi connectivity index (χ0v) is 32.2. The van der Waals surface area contributed by atoms with E-state index in [9.17, 15) is 30.0 Å². The van der Waals surface area contributed by atoms with Gasteiger partial charge in [0.05, 0.1) is 13.2 Å². The third-order valence-electron chi connectivity index (χ3n) is 6.41. The summed E-state index contributed by atoms with van der Waals surface area (Å²) in [5.74, 6) is 1.64. The largest absolute Gasteiger partial charge is 0.493 e. The lowest BCUT2D eigenvalue weighted by molar-refractivity contribution is -0.116. The van der Waals surface area contributed by atoms with E-state index in [1.54, 1.807) is 36.4 Å². The third-order valence-corrected chi connectivity index (χ3v) is 7.68. The summed E-state index contributed by atoms with van der Waals surface area (Å²) in [5.41, 5.74) is 0.796. The van der Waals surface area contributed by atoms with E-state index in [0.717, 1.165) is 31.2 Å². The lowest BCUT2D eigenvalue weighted by Crippen LogP contribution is -2.18. The molecule has 3 aromatic rings. The Balaban J connectivity index is 0.000000393. The first-order valence-corrected chi connectivity index (χ1v) is 21.0. The molecule has 0 aromatic heterocycles. The zero-order chi connectivity index (χ0) is 39.0. The van der Waals surface area contributed by atoms with Crippen molar-refractivity contribution in [1.29, 1.82) is 0 Å². The van der Waals surface area contributed by atoms with Crippen LogP contribution in [0.2, 0.25) is 0 Å². The average molecular weight is 790 g/mol. The molecule has 0 saturated carbocycles. The normalized spacial score (nSPS) is 11.2. The first-order valence-electron chi connectivity index (χ1n) is 16.6. The summed E-state index contributed by atoms with van der Waals surface area (Å²) in [7, 11) is -11.9. The van der Waals surface area contributed by atoms with Crippen molar-refractivity contribution in [2.45, 2.75) is 85.0 Å². The number of hydrogen-bond donors (Lipinski definition) is 3. The molecule has 0 fully saturated rings. The van der Waals surface area contributed by atoms with Crippen LogP contribution in [-0.4, -0.2) is 44.3 Å². The fourth-order valence-electron chi connectivity index (χ4n) is 4.20. The third kappa shape index (κ3) is 25.9. The lowest BCUT2D eigenvalue weighted by atomic mass is 10.1. The van der Waals surface area contributed by atoms with Gasteiger partial charge in [-0.05, 0) is 61.7 Å². The Morgan fingerprint density at radius 1 is 0.519 bits per heavy atom. The van der Waals surface area contributed by atoms with E-state index in [2.05, 4.69) is 31.5 Å². The van der Waals surface area contributed by atoms with E-state index >= 15 is 0 Å². The van der Waals surface area contributed by atoms with Gasteiger partial charge in [-0.1, -0.05) is 83.1 Å². The standard InChI is InChI=1S/C13H21NO4S.C12H19NO4S.C9H11NO4S/c1-2-3-4-5-6-10-17-12-8-7-9-13(11-12)18-19(14,15)16;1-2-3-4-5-9-16-11-7-6-8-12(10-11)17-18(13,14)15;1-7(11)6-8-2-4-9(5-3-8)14-15(10,12)13/h7-9,11H,2-6,10H2,1H3,(H2,14,15,16);6-8,10H,2-5,9H2,1H3,(H2,13,14,15);2-5H,6H2,1H3,(H2,10,12,13). The second-order valence-corrected chi connectivity index (χ2v) is 14.8. The van der Waals surface area contributed by atoms with Gasteiger partial charge in [0.1, 0.15) is 34.5 Å². The Morgan fingerprint density at radius 2 is 0.885 bits per heavy atom. The minimum absolute atomic E-state index is 0.0371. The van der Waals surface area contributed by atoms with Crippen molar-refractivity contribution in [3.8, 4) is 28.7 Å². The summed E-state index contributed by atoms with van der Waals surface area (Å²) in [6.07, 6.45) is 10.6. The molecule has 0 aliphatic rings. The highest BCUT2D eigenvalue weighted by atomic mass is 32.2. The molecule has 3 rings (SSSR count). The first kappa shape index (κ1) is 46.1. The molecule has 3 aromatic carbocycles. The van der Waals surface area contributed by atoms with Gasteiger partial charge in [-0.2, -0.15) is 40.7 Å². The van der Waals surface area contributed by atoms with Crippen molar-refractivity contribution in [3.05, 3.63) is 78.4 Å². The zero-order valence-electron chi connectivity index (χ0n) is 29.8. The summed E-state index contributed by atoms with van der Waals surface area (Å²) in [5, 5.41) is 14.3. The highest BCUT2D eigenvalue weighted by Crippen LogP contribution is 2.22. The molecule has 0 aliphatic heterocycles. The maximum Gasteiger partial charge on any atom is 0.380 e. The molecule has 292 valence electrons. The quantitative estimate of drug-likeness (QED) is 0.117. The second-order valence-electron chi connectivity index (χ2n) is 11.4. The first-order chi connectivity index (χ1) is 24.4. The summed E-state index contributed by atoms with van der Waals surface area (Å²) in [4.78, 5) is 10.8. The van der Waals surface area contributed by atoms with Crippen LogP contribution in [0, 0.1) is 0 Å². The second kappa shape index (κ2) is 24.3. The van der Waals surface area contributed by atoms with Crippen molar-refractivity contribution in [2.24, 2.45) is 15.4 Å². The summed E-state index contributed by atoms with van der Waals surface area (Å²) in [6.45, 7) is 7.03. The number of nitrogens with two attached hydrogens (primary N) is 3. The number of rotatable bonds is 21. The number of Topliss-reactive ketones (excluding diaryl/α,β-unsaturated/α-hetero) is 1. The molecule has 0 heterocycles. The van der Waals surface area contributed by atoms with Gasteiger partial charge in [-0.3, -0.25) is 4.79 Å². The van der Waals surface area contributed by atoms with Crippen molar-refractivity contribution < 1.29 is 52.1 Å². The number of ketones is 1. The predicted molar refractivity (Wildman–Crippen MR) is 199 cm³/mol. The SMILES string of the molecule is CC(=O)Cc1ccc(OS(N)(=O)=O)cc1.CCCCCCCOc1cccc(OS(N)(=O)=O)c1.CCCCCCOc1cccc(OS(N)(=O)=O)c1. The highest BCUT2D eigenvalue weighted by molar-refractivity contribution is 7.85. The fourth-order valence-corrected chi connectivity index (χ4v) is 5.32. The Labute approximate surface area is 308 Å². The molecule has 0 bridgehead atoms. The van der Waals surface area contributed by atoms with Gasteiger partial charge in [0, 0.05) is 18.6 Å². The van der Waals surface area contributed by atoms with Crippen molar-refractivity contribution in [2.75, 3.05) is 13.2 Å². The molecule has 0 atom stereocenters. The van der Waals surface area contributed by atoms with Gasteiger partial charge in [0.15, 0.2) is 0 Å². The minimum Gasteiger partial charge on any atom is -0.493 e. The smallest absolute Gasteiger partial charge is 0.380 e. The predicted octanol–water partition coefficient (Wildman–Crippen LogP) is 5.25. The van der Waals surface area contributed by atoms with Crippen molar-refractivity contribution in [3.63, 3.8) is 0 Å². The van der Waals surface area contributed by atoms with Crippen molar-refractivity contribution >= 4 is 36.7 Å². The average Bonchev–Trinajstić information content (AvgIpc) is 3.02. The van der Waals surface area contributed by atoms with E-state index in [-0.39, 0.29) is 23.0 Å². The van der Waals surface area contributed by atoms with Crippen LogP contribution in [0.5, 0.6) is 28.7 Å². The molecule has 0 amide bonds. The molecule has 15 nitrogen and oxygen atoms in total. The van der Waals surface area contributed by atoms with Crippen molar-refractivity contribution in [1.82, 2.24) is 0 Å². The number of unbranched alkanes of at least 4 members (excludes halogenated alkanes) is 7. The van der Waals surface area contributed by atoms with Gasteiger partial charge in [0.25, 0.3) is 0 Å². The van der Waals surface area contributed by atoms with Crippen LogP contribution in [0.15, 0.2) is 72.8 Å². The minimum atomic E-state index is -3.98. The van der Waals surface area contributed by atoms with Gasteiger partial charge in [0.2, 0.25) is 0 Å². The van der Waals surface area contributed by atoms with Crippen LogP contribution in [0.1, 0.15) is 84.1 Å². The maximum atomic E-state index is 10.8. The van der Waals surface area contributed by atoms with E-state index < -0.39 is 30.9 Å². The van der Waals surface area contributed by atoms with Gasteiger partial charge >= 0.3 is 30.9 Å². The monoisotopic (exact) mass is 789 g/mol. The molecule has 0 spiro atoms. The van der Waals surface area contributed by atoms with Gasteiger partial charge < -0.3 is 22.0 Å². The topological polar surface area (TPSA) is 244 Å². The molecular formula is C34H51N3O12S3. The number of benzene rings is 3. The van der Waals surface area contributed by atoms with E-state index in [0.29, 0.717) is 31.1 Å². The van der Waals surface area contributed by atoms with Crippen LogP contribution in [0.25, 0.3) is 0 Å². The fraction of sp³-hybridized carbons (Fsp3) is 0.441. The molecule has 0 unspecified atom stereocenters. The van der Waals surface area contributed by atoms with Crippen LogP contribution in [0.4, 0.5) is 0 Å². The molecule has 0 radical (unpaired) electrons. The van der Waals surface area contributed by atoms with Crippen LogP contribution < -0.4 is 37.4 Å². The number of ether oxygens (including phenoxy) is 2. The molecular weight excluding hydrogens is 739 g/mol.